The fourth-order valence-corrected chi connectivity index (χ4v) is 11.3. The van der Waals surface area contributed by atoms with Crippen molar-refractivity contribution in [2.75, 3.05) is 0 Å². The van der Waals surface area contributed by atoms with Crippen LogP contribution in [0.5, 0.6) is 0 Å². The van der Waals surface area contributed by atoms with Gasteiger partial charge in [0.15, 0.2) is 0 Å². The first-order valence-corrected chi connectivity index (χ1v) is 21.2. The molecule has 4 aliphatic rings. The van der Waals surface area contributed by atoms with Gasteiger partial charge in [0.05, 0.1) is 0 Å². The van der Waals surface area contributed by atoms with E-state index in [9.17, 15) is 4.79 Å². The Kier molecular flexibility index (Phi) is 16.0. The van der Waals surface area contributed by atoms with E-state index in [1.807, 2.05) is 0 Å². The van der Waals surface area contributed by atoms with Gasteiger partial charge in [-0.25, -0.2) is 0 Å². The quantitative estimate of drug-likeness (QED) is 0.0702. The van der Waals surface area contributed by atoms with Crippen LogP contribution in [-0.4, -0.2) is 12.1 Å². The summed E-state index contributed by atoms with van der Waals surface area (Å²) in [6, 6.07) is 0. The number of esters is 1. The average Bonchev–Trinajstić information content (AvgIpc) is 3.40. The zero-order valence-electron chi connectivity index (χ0n) is 32.3. The van der Waals surface area contributed by atoms with Gasteiger partial charge in [0.25, 0.3) is 0 Å². The molecule has 2 nitrogen and oxygen atoms in total. The van der Waals surface area contributed by atoms with Crippen LogP contribution in [-0.2, 0) is 9.53 Å². The number of allylic oxidation sites excluding steroid dienone is 3. The van der Waals surface area contributed by atoms with Gasteiger partial charge in [0, 0.05) is 12.8 Å². The number of carbonyl (C=O) groups excluding carboxylic acids is 1. The number of ether oxygens (including phenoxy) is 1. The van der Waals surface area contributed by atoms with E-state index in [1.54, 1.807) is 5.57 Å². The van der Waals surface area contributed by atoms with Crippen molar-refractivity contribution in [2.45, 2.75) is 208 Å². The fraction of sp³-hybridized carbons (Fsp3) is 0.889. The largest absolute Gasteiger partial charge is 0.462 e. The lowest BCUT2D eigenvalue weighted by atomic mass is 9.47. The lowest BCUT2D eigenvalue weighted by molar-refractivity contribution is -0.151. The van der Waals surface area contributed by atoms with Crippen LogP contribution in [0.4, 0.5) is 0 Å². The lowest BCUT2D eigenvalue weighted by Gasteiger charge is -2.58. The summed E-state index contributed by atoms with van der Waals surface area (Å²) < 4.78 is 6.12. The summed E-state index contributed by atoms with van der Waals surface area (Å²) in [5.74, 6) is 5.29. The van der Waals surface area contributed by atoms with Gasteiger partial charge in [-0.05, 0) is 123 Å². The minimum atomic E-state index is 0.0412. The number of hydrogen-bond acceptors (Lipinski definition) is 2. The molecule has 270 valence electrons. The molecule has 0 aromatic carbocycles. The smallest absolute Gasteiger partial charge is 0.306 e. The number of fused-ring (bicyclic) bond motifs is 5. The highest BCUT2D eigenvalue weighted by Crippen LogP contribution is 2.67. The Morgan fingerprint density at radius 2 is 1.49 bits per heavy atom. The summed E-state index contributed by atoms with van der Waals surface area (Å²) in [6.07, 6.45) is 39.5. The molecular formula is C45H78O2. The second-order valence-electron chi connectivity index (χ2n) is 18.0. The van der Waals surface area contributed by atoms with Gasteiger partial charge < -0.3 is 4.74 Å². The van der Waals surface area contributed by atoms with E-state index in [2.05, 4.69) is 59.8 Å². The molecule has 0 amide bonds. The molecule has 0 saturated heterocycles. The topological polar surface area (TPSA) is 26.3 Å². The maximum Gasteiger partial charge on any atom is 0.306 e. The van der Waals surface area contributed by atoms with Gasteiger partial charge in [0.1, 0.15) is 6.10 Å². The third kappa shape index (κ3) is 10.7. The van der Waals surface area contributed by atoms with E-state index in [0.717, 1.165) is 67.6 Å². The lowest BCUT2D eigenvalue weighted by Crippen LogP contribution is -2.51. The Bertz CT molecular complexity index is 976. The fourth-order valence-electron chi connectivity index (χ4n) is 11.3. The van der Waals surface area contributed by atoms with Gasteiger partial charge in [-0.15, -0.1) is 0 Å². The molecule has 0 N–H and O–H groups in total. The highest BCUT2D eigenvalue weighted by molar-refractivity contribution is 5.69. The van der Waals surface area contributed by atoms with Gasteiger partial charge in [-0.1, -0.05) is 136 Å². The third-order valence-corrected chi connectivity index (χ3v) is 14.2. The normalized spacial score (nSPS) is 32.6. The van der Waals surface area contributed by atoms with Gasteiger partial charge in [-0.3, -0.25) is 4.79 Å². The van der Waals surface area contributed by atoms with E-state index in [4.69, 9.17) is 4.74 Å². The van der Waals surface area contributed by atoms with E-state index >= 15 is 0 Å². The third-order valence-electron chi connectivity index (χ3n) is 14.2. The van der Waals surface area contributed by atoms with Crippen molar-refractivity contribution in [3.05, 3.63) is 23.8 Å². The van der Waals surface area contributed by atoms with Crippen molar-refractivity contribution in [3.63, 3.8) is 0 Å². The Morgan fingerprint density at radius 3 is 2.19 bits per heavy atom. The molecule has 47 heavy (non-hydrogen) atoms. The monoisotopic (exact) mass is 651 g/mol. The summed E-state index contributed by atoms with van der Waals surface area (Å²) in [5, 5.41) is 0. The summed E-state index contributed by atoms with van der Waals surface area (Å²) in [4.78, 5) is 12.8. The van der Waals surface area contributed by atoms with E-state index in [0.29, 0.717) is 17.3 Å². The van der Waals surface area contributed by atoms with Crippen LogP contribution in [0.25, 0.3) is 0 Å². The molecule has 3 fully saturated rings. The Balaban J connectivity index is 1.12. The molecule has 4 aliphatic carbocycles. The zero-order chi connectivity index (χ0) is 33.7. The standard InChI is InChI=1S/C45H78O2/c1-7-8-9-10-11-12-13-14-15-16-17-18-19-20-21-25-43(46)47-38-30-32-44(5)37(34-38)26-27-39-41-29-28-40(36(4)24-22-23-35(2)3)45(41,6)33-31-42(39)44/h17-18,26,35-36,38-42H,7-16,19-25,27-34H2,1-6H3/b18-17+/t36-,38+,39+,40-,41+,42+,44+,45-/m1/s1. The number of rotatable bonds is 21. The summed E-state index contributed by atoms with van der Waals surface area (Å²) >= 11 is 0. The predicted octanol–water partition coefficient (Wildman–Crippen LogP) is 14.0. The van der Waals surface area contributed by atoms with Crippen molar-refractivity contribution in [2.24, 2.45) is 46.3 Å². The molecule has 0 aliphatic heterocycles. The van der Waals surface area contributed by atoms with Gasteiger partial charge >= 0.3 is 5.97 Å². The van der Waals surface area contributed by atoms with Gasteiger partial charge in [0.2, 0.25) is 0 Å². The van der Waals surface area contributed by atoms with Crippen LogP contribution in [0.1, 0.15) is 202 Å². The van der Waals surface area contributed by atoms with Crippen LogP contribution in [0.3, 0.4) is 0 Å². The van der Waals surface area contributed by atoms with Crippen LogP contribution in [0.15, 0.2) is 23.8 Å². The van der Waals surface area contributed by atoms with E-state index in [1.165, 1.54) is 122 Å². The molecule has 0 bridgehead atoms. The first-order valence-electron chi connectivity index (χ1n) is 21.2. The van der Waals surface area contributed by atoms with Crippen molar-refractivity contribution in [1.82, 2.24) is 0 Å². The number of unbranched alkanes of at least 4 members (excludes halogenated alkanes) is 11. The molecule has 4 rings (SSSR count). The first kappa shape index (κ1) is 38.7. The molecule has 0 radical (unpaired) electrons. The minimum Gasteiger partial charge on any atom is -0.462 e. The SMILES string of the molecule is CCCCCCCCCCC/C=C/CCCCC(=O)O[C@H]1CC[C@@]2(C)C(=CC[C@H]3[C@@H]4CC[C@H]([C@H](C)CCCC(C)C)[C@@]4(C)CC[C@@H]32)C1. The summed E-state index contributed by atoms with van der Waals surface area (Å²) in [5.41, 5.74) is 2.52. The molecule has 0 spiro atoms. The van der Waals surface area contributed by atoms with Crippen molar-refractivity contribution < 1.29 is 9.53 Å². The Hall–Kier alpha value is -1.05. The van der Waals surface area contributed by atoms with Crippen molar-refractivity contribution in [1.29, 1.82) is 0 Å². The molecule has 3 saturated carbocycles. The molecular weight excluding hydrogens is 572 g/mol. The van der Waals surface area contributed by atoms with Crippen molar-refractivity contribution in [3.8, 4) is 0 Å². The second kappa shape index (κ2) is 19.4. The highest BCUT2D eigenvalue weighted by Gasteiger charge is 2.59. The van der Waals surface area contributed by atoms with E-state index < -0.39 is 0 Å². The Morgan fingerprint density at radius 1 is 0.809 bits per heavy atom. The van der Waals surface area contributed by atoms with Crippen LogP contribution >= 0.6 is 0 Å². The second-order valence-corrected chi connectivity index (χ2v) is 18.0. The molecule has 0 aromatic rings. The van der Waals surface area contributed by atoms with Crippen LogP contribution in [0.2, 0.25) is 0 Å². The number of carbonyl (C=O) groups is 1. The minimum absolute atomic E-state index is 0.0412. The van der Waals surface area contributed by atoms with Crippen LogP contribution in [0, 0.1) is 46.3 Å². The van der Waals surface area contributed by atoms with E-state index in [-0.39, 0.29) is 12.1 Å². The van der Waals surface area contributed by atoms with Gasteiger partial charge in [-0.2, -0.15) is 0 Å². The molecule has 0 unspecified atom stereocenters. The first-order chi connectivity index (χ1) is 22.7. The zero-order valence-corrected chi connectivity index (χ0v) is 32.3. The molecule has 8 atom stereocenters. The summed E-state index contributed by atoms with van der Waals surface area (Å²) in [7, 11) is 0. The summed E-state index contributed by atoms with van der Waals surface area (Å²) in [6.45, 7) is 14.9. The maximum absolute atomic E-state index is 12.8. The average molecular weight is 651 g/mol. The molecule has 2 heteroatoms. The van der Waals surface area contributed by atoms with Crippen molar-refractivity contribution >= 4 is 5.97 Å². The maximum atomic E-state index is 12.8. The number of hydrogen-bond donors (Lipinski definition) is 0. The Labute approximate surface area is 293 Å². The highest BCUT2D eigenvalue weighted by atomic mass is 16.5. The predicted molar refractivity (Wildman–Crippen MR) is 202 cm³/mol. The van der Waals surface area contributed by atoms with Crippen LogP contribution < -0.4 is 0 Å². The molecule has 0 aromatic heterocycles. The molecule has 0 heterocycles.